The van der Waals surface area contributed by atoms with Crippen molar-refractivity contribution in [2.75, 3.05) is 17.2 Å². The normalized spacial score (nSPS) is 15.6. The second-order valence-corrected chi connectivity index (χ2v) is 5.29. The van der Waals surface area contributed by atoms with Crippen molar-refractivity contribution >= 4 is 11.5 Å². The highest BCUT2D eigenvalue weighted by molar-refractivity contribution is 5.67. The molecule has 4 heteroatoms. The van der Waals surface area contributed by atoms with Crippen molar-refractivity contribution in [3.05, 3.63) is 5.69 Å². The first-order valence-corrected chi connectivity index (χ1v) is 6.67. The monoisotopic (exact) mass is 236 g/mol. The van der Waals surface area contributed by atoms with Crippen molar-refractivity contribution in [2.24, 2.45) is 0 Å². The first-order valence-electron chi connectivity index (χ1n) is 6.67. The molecule has 1 saturated carbocycles. The number of anilines is 2. The highest BCUT2D eigenvalue weighted by Gasteiger charge is 2.32. The standard InChI is InChI=1S/C13H24N4/c1-5-8-16(11-6-7-11)13-12(14)10(4)15-17(13)9(2)3/h9,11H,5-8,14H2,1-4H3. The molecule has 1 heterocycles. The average Bonchev–Trinajstić information content (AvgIpc) is 3.05. The lowest BCUT2D eigenvalue weighted by atomic mass is 10.3. The van der Waals surface area contributed by atoms with Crippen LogP contribution in [0.15, 0.2) is 0 Å². The summed E-state index contributed by atoms with van der Waals surface area (Å²) in [6.45, 7) is 9.61. The summed E-state index contributed by atoms with van der Waals surface area (Å²) < 4.78 is 2.08. The van der Waals surface area contributed by atoms with Crippen LogP contribution in [0.4, 0.5) is 11.5 Å². The second kappa shape index (κ2) is 4.59. The molecule has 0 saturated heterocycles. The second-order valence-electron chi connectivity index (χ2n) is 5.29. The third-order valence-corrected chi connectivity index (χ3v) is 3.32. The topological polar surface area (TPSA) is 47.1 Å². The molecule has 1 aromatic rings. The van der Waals surface area contributed by atoms with E-state index in [9.17, 15) is 0 Å². The van der Waals surface area contributed by atoms with Crippen LogP contribution in [-0.2, 0) is 0 Å². The van der Waals surface area contributed by atoms with Gasteiger partial charge in [0.1, 0.15) is 0 Å². The molecule has 0 radical (unpaired) electrons. The van der Waals surface area contributed by atoms with Gasteiger partial charge >= 0.3 is 0 Å². The first-order chi connectivity index (χ1) is 8.06. The number of nitrogens with zero attached hydrogens (tertiary/aromatic N) is 3. The Morgan fingerprint density at radius 3 is 2.59 bits per heavy atom. The fourth-order valence-corrected chi connectivity index (χ4v) is 2.28. The third kappa shape index (κ3) is 2.26. The summed E-state index contributed by atoms with van der Waals surface area (Å²) in [6, 6.07) is 1.05. The molecule has 0 bridgehead atoms. The minimum atomic E-state index is 0.360. The lowest BCUT2D eigenvalue weighted by Gasteiger charge is -2.26. The van der Waals surface area contributed by atoms with E-state index in [4.69, 9.17) is 5.73 Å². The van der Waals surface area contributed by atoms with E-state index in [1.807, 2.05) is 6.92 Å². The van der Waals surface area contributed by atoms with Gasteiger partial charge in [0.05, 0.1) is 11.4 Å². The molecule has 96 valence electrons. The molecule has 1 aliphatic carbocycles. The van der Waals surface area contributed by atoms with Crippen LogP contribution in [0, 0.1) is 6.92 Å². The van der Waals surface area contributed by atoms with Crippen LogP contribution >= 0.6 is 0 Å². The van der Waals surface area contributed by atoms with Gasteiger partial charge in [-0.3, -0.25) is 0 Å². The molecule has 0 atom stereocenters. The number of nitrogens with two attached hydrogens (primary N) is 1. The number of aromatic nitrogens is 2. The van der Waals surface area contributed by atoms with Gasteiger partial charge in [0.15, 0.2) is 5.82 Å². The van der Waals surface area contributed by atoms with Crippen molar-refractivity contribution in [2.45, 2.75) is 59.0 Å². The molecule has 2 N–H and O–H groups in total. The van der Waals surface area contributed by atoms with Crippen LogP contribution in [0.1, 0.15) is 51.8 Å². The quantitative estimate of drug-likeness (QED) is 0.855. The SMILES string of the molecule is CCCN(c1c(N)c(C)nn1C(C)C)C1CC1. The number of nitrogen functional groups attached to an aromatic ring is 1. The Hall–Kier alpha value is -1.19. The maximum absolute atomic E-state index is 6.21. The Morgan fingerprint density at radius 1 is 1.47 bits per heavy atom. The minimum absolute atomic E-state index is 0.360. The zero-order valence-corrected chi connectivity index (χ0v) is 11.4. The summed E-state index contributed by atoms with van der Waals surface area (Å²) in [7, 11) is 0. The average molecular weight is 236 g/mol. The number of hydrogen-bond donors (Lipinski definition) is 1. The fourth-order valence-electron chi connectivity index (χ4n) is 2.28. The van der Waals surface area contributed by atoms with E-state index in [0.29, 0.717) is 12.1 Å². The highest BCUT2D eigenvalue weighted by Crippen LogP contribution is 2.37. The number of rotatable bonds is 5. The zero-order valence-electron chi connectivity index (χ0n) is 11.4. The lowest BCUT2D eigenvalue weighted by Crippen LogP contribution is -2.30. The molecule has 0 spiro atoms. The van der Waals surface area contributed by atoms with E-state index in [1.165, 1.54) is 12.8 Å². The molecule has 0 aliphatic heterocycles. The highest BCUT2D eigenvalue weighted by atomic mass is 15.4. The smallest absolute Gasteiger partial charge is 0.151 e. The van der Waals surface area contributed by atoms with Gasteiger partial charge in [0.2, 0.25) is 0 Å². The first kappa shape index (κ1) is 12.3. The van der Waals surface area contributed by atoms with Gasteiger partial charge in [0.25, 0.3) is 0 Å². The maximum atomic E-state index is 6.21. The summed E-state index contributed by atoms with van der Waals surface area (Å²) >= 11 is 0. The van der Waals surface area contributed by atoms with E-state index in [0.717, 1.165) is 30.2 Å². The molecule has 17 heavy (non-hydrogen) atoms. The van der Waals surface area contributed by atoms with E-state index >= 15 is 0 Å². The summed E-state index contributed by atoms with van der Waals surface area (Å²) in [5.41, 5.74) is 8.03. The zero-order chi connectivity index (χ0) is 12.6. The van der Waals surface area contributed by atoms with Crippen LogP contribution < -0.4 is 10.6 Å². The van der Waals surface area contributed by atoms with Crippen molar-refractivity contribution < 1.29 is 0 Å². The molecule has 0 amide bonds. The molecule has 1 fully saturated rings. The van der Waals surface area contributed by atoms with Gasteiger partial charge in [-0.15, -0.1) is 0 Å². The lowest BCUT2D eigenvalue weighted by molar-refractivity contribution is 0.520. The fraction of sp³-hybridized carbons (Fsp3) is 0.769. The van der Waals surface area contributed by atoms with Crippen molar-refractivity contribution in [3.63, 3.8) is 0 Å². The van der Waals surface area contributed by atoms with Crippen LogP contribution in [-0.4, -0.2) is 22.4 Å². The van der Waals surface area contributed by atoms with Gasteiger partial charge in [-0.2, -0.15) is 5.10 Å². The van der Waals surface area contributed by atoms with E-state index in [1.54, 1.807) is 0 Å². The molecule has 2 rings (SSSR count). The third-order valence-electron chi connectivity index (χ3n) is 3.32. The molecule has 0 unspecified atom stereocenters. The molecule has 4 nitrogen and oxygen atoms in total. The Balaban J connectivity index is 2.39. The molecule has 1 aliphatic rings. The van der Waals surface area contributed by atoms with Gasteiger partial charge in [-0.05, 0) is 40.0 Å². The van der Waals surface area contributed by atoms with Gasteiger partial charge in [0, 0.05) is 18.6 Å². The number of hydrogen-bond acceptors (Lipinski definition) is 3. The molecular formula is C13H24N4. The molecular weight excluding hydrogens is 212 g/mol. The van der Waals surface area contributed by atoms with Crippen LogP contribution in [0.25, 0.3) is 0 Å². The van der Waals surface area contributed by atoms with E-state index < -0.39 is 0 Å². The summed E-state index contributed by atoms with van der Waals surface area (Å²) in [5.74, 6) is 1.14. The van der Waals surface area contributed by atoms with E-state index in [-0.39, 0.29) is 0 Å². The minimum Gasteiger partial charge on any atom is -0.394 e. The van der Waals surface area contributed by atoms with Crippen molar-refractivity contribution in [1.82, 2.24) is 9.78 Å². The van der Waals surface area contributed by atoms with Crippen molar-refractivity contribution in [3.8, 4) is 0 Å². The summed E-state index contributed by atoms with van der Waals surface area (Å²) in [5, 5.41) is 4.57. The predicted octanol–water partition coefficient (Wildman–Crippen LogP) is 2.73. The van der Waals surface area contributed by atoms with Gasteiger partial charge in [-0.25, -0.2) is 4.68 Å². The number of aryl methyl sites for hydroxylation is 1. The van der Waals surface area contributed by atoms with Crippen molar-refractivity contribution in [1.29, 1.82) is 0 Å². The molecule has 0 aromatic carbocycles. The maximum Gasteiger partial charge on any atom is 0.151 e. The Morgan fingerprint density at radius 2 is 2.12 bits per heavy atom. The van der Waals surface area contributed by atoms with Gasteiger partial charge in [-0.1, -0.05) is 6.92 Å². The van der Waals surface area contributed by atoms with Crippen LogP contribution in [0.3, 0.4) is 0 Å². The predicted molar refractivity (Wildman–Crippen MR) is 72.4 cm³/mol. The summed E-state index contributed by atoms with van der Waals surface area (Å²) in [4.78, 5) is 2.45. The molecule has 1 aromatic heterocycles. The van der Waals surface area contributed by atoms with Gasteiger partial charge < -0.3 is 10.6 Å². The Labute approximate surface area is 104 Å². The van der Waals surface area contributed by atoms with E-state index in [2.05, 4.69) is 35.5 Å². The Bertz CT molecular complexity index is 390. The largest absolute Gasteiger partial charge is 0.394 e. The summed E-state index contributed by atoms with van der Waals surface area (Å²) in [6.07, 6.45) is 3.74. The van der Waals surface area contributed by atoms with Crippen LogP contribution in [0.2, 0.25) is 0 Å². The van der Waals surface area contributed by atoms with Crippen LogP contribution in [0.5, 0.6) is 0 Å². The Kier molecular flexibility index (Phi) is 3.31.